The molecule has 0 aliphatic heterocycles. The van der Waals surface area contributed by atoms with Crippen molar-refractivity contribution in [2.24, 2.45) is 0 Å². The molecule has 0 bridgehead atoms. The summed E-state index contributed by atoms with van der Waals surface area (Å²) in [6.45, 7) is 0. The van der Waals surface area contributed by atoms with Gasteiger partial charge in [0.05, 0.1) is 16.7 Å². The first-order valence-corrected chi connectivity index (χ1v) is 22.8. The summed E-state index contributed by atoms with van der Waals surface area (Å²) in [5, 5.41) is 12.1. The summed E-state index contributed by atoms with van der Waals surface area (Å²) >= 11 is 0. The first-order valence-electron chi connectivity index (χ1n) is 22.8. The van der Waals surface area contributed by atoms with Gasteiger partial charge >= 0.3 is 0 Å². The average molecular weight is 839 g/mol. The lowest BCUT2D eigenvalue weighted by atomic mass is 9.86. The third-order valence-corrected chi connectivity index (χ3v) is 13.5. The highest BCUT2D eigenvalue weighted by molar-refractivity contribution is 6.24. The molecule has 308 valence electrons. The zero-order valence-electron chi connectivity index (χ0n) is 36.1. The molecule has 12 aromatic carbocycles. The van der Waals surface area contributed by atoms with E-state index in [-0.39, 0.29) is 0 Å². The van der Waals surface area contributed by atoms with Crippen LogP contribution in [0.2, 0.25) is 0 Å². The highest BCUT2D eigenvalue weighted by Crippen LogP contribution is 2.51. The number of benzene rings is 12. The van der Waals surface area contributed by atoms with Crippen LogP contribution in [-0.2, 0) is 0 Å². The molecule has 1 heterocycles. The maximum absolute atomic E-state index is 2.51. The molecule has 0 spiro atoms. The van der Waals surface area contributed by atoms with Gasteiger partial charge in [-0.3, -0.25) is 0 Å². The van der Waals surface area contributed by atoms with Crippen LogP contribution in [0.4, 0.5) is 17.1 Å². The van der Waals surface area contributed by atoms with E-state index in [9.17, 15) is 0 Å². The van der Waals surface area contributed by atoms with E-state index < -0.39 is 0 Å². The van der Waals surface area contributed by atoms with Crippen LogP contribution in [0.1, 0.15) is 0 Å². The van der Waals surface area contributed by atoms with Crippen molar-refractivity contribution in [3.8, 4) is 39.1 Å². The monoisotopic (exact) mass is 838 g/mol. The average Bonchev–Trinajstić information content (AvgIpc) is 3.72. The fraction of sp³-hybridized carbons (Fsp3) is 0. The van der Waals surface area contributed by atoms with Gasteiger partial charge in [0.1, 0.15) is 0 Å². The topological polar surface area (TPSA) is 8.17 Å². The van der Waals surface area contributed by atoms with Crippen LogP contribution in [0, 0.1) is 0 Å². The van der Waals surface area contributed by atoms with Crippen molar-refractivity contribution < 1.29 is 0 Å². The van der Waals surface area contributed by atoms with E-state index in [4.69, 9.17) is 0 Å². The van der Waals surface area contributed by atoms with Gasteiger partial charge in [-0.2, -0.15) is 0 Å². The molecule has 66 heavy (non-hydrogen) atoms. The Hall–Kier alpha value is -8.72. The maximum Gasteiger partial charge on any atom is 0.0619 e. The van der Waals surface area contributed by atoms with Crippen LogP contribution in [0.5, 0.6) is 0 Å². The number of aromatic nitrogens is 1. The van der Waals surface area contributed by atoms with Gasteiger partial charge in [0, 0.05) is 38.6 Å². The van der Waals surface area contributed by atoms with Gasteiger partial charge in [0.2, 0.25) is 0 Å². The van der Waals surface area contributed by atoms with E-state index in [1.165, 1.54) is 98.3 Å². The lowest BCUT2D eigenvalue weighted by Gasteiger charge is -2.30. The molecule has 0 aliphatic rings. The van der Waals surface area contributed by atoms with Crippen molar-refractivity contribution >= 4 is 82.0 Å². The minimum absolute atomic E-state index is 1.09. The summed E-state index contributed by atoms with van der Waals surface area (Å²) in [6.07, 6.45) is 0. The summed E-state index contributed by atoms with van der Waals surface area (Å²) in [4.78, 5) is 2.51. The van der Waals surface area contributed by atoms with Crippen LogP contribution in [0.15, 0.2) is 255 Å². The molecular weight excluding hydrogens is 797 g/mol. The Morgan fingerprint density at radius 3 is 1.48 bits per heavy atom. The third kappa shape index (κ3) is 6.11. The van der Waals surface area contributed by atoms with Crippen molar-refractivity contribution in [3.63, 3.8) is 0 Å². The molecule has 0 aliphatic carbocycles. The van der Waals surface area contributed by atoms with Crippen LogP contribution < -0.4 is 4.90 Å². The highest BCUT2D eigenvalue weighted by atomic mass is 15.1. The normalized spacial score (nSPS) is 11.6. The van der Waals surface area contributed by atoms with Crippen molar-refractivity contribution in [1.82, 2.24) is 4.57 Å². The lowest BCUT2D eigenvalue weighted by Crippen LogP contribution is -2.11. The first kappa shape index (κ1) is 37.8. The van der Waals surface area contributed by atoms with Crippen molar-refractivity contribution in [2.75, 3.05) is 4.90 Å². The van der Waals surface area contributed by atoms with Gasteiger partial charge in [0.15, 0.2) is 0 Å². The number of hydrogen-bond donors (Lipinski definition) is 0. The molecule has 2 nitrogen and oxygen atoms in total. The summed E-state index contributed by atoms with van der Waals surface area (Å²) in [7, 11) is 0. The SMILES string of the molecule is c1ccc(-c2c3cc(-c4cccc5ccccc45)ccc3c(N(c3ccccc3)c3ccc4c(c3)c3ccccc3n4-c3ccccc3)c3cc(-c4cccc5ccccc45)ccc23)cc1. The quantitative estimate of drug-likeness (QED) is 0.145. The van der Waals surface area contributed by atoms with E-state index in [2.05, 4.69) is 264 Å². The van der Waals surface area contributed by atoms with Crippen LogP contribution >= 0.6 is 0 Å². The zero-order valence-corrected chi connectivity index (χ0v) is 36.1. The van der Waals surface area contributed by atoms with E-state index >= 15 is 0 Å². The van der Waals surface area contributed by atoms with Crippen LogP contribution in [-0.4, -0.2) is 4.57 Å². The molecule has 13 aromatic rings. The number of rotatable bonds is 7. The number of nitrogens with zero attached hydrogens (tertiary/aromatic N) is 2. The first-order chi connectivity index (χ1) is 32.8. The molecule has 0 saturated carbocycles. The number of fused-ring (bicyclic) bond motifs is 7. The molecule has 1 aromatic heterocycles. The molecule has 0 N–H and O–H groups in total. The van der Waals surface area contributed by atoms with Gasteiger partial charge in [-0.15, -0.1) is 0 Å². The highest BCUT2D eigenvalue weighted by Gasteiger charge is 2.25. The van der Waals surface area contributed by atoms with Crippen molar-refractivity contribution in [1.29, 1.82) is 0 Å². The van der Waals surface area contributed by atoms with Crippen LogP contribution in [0.25, 0.3) is 104 Å². The number of para-hydroxylation sites is 3. The largest absolute Gasteiger partial charge is 0.309 e. The Kier molecular flexibility index (Phi) is 8.89. The second-order valence-electron chi connectivity index (χ2n) is 17.2. The molecule has 0 amide bonds. The Bertz CT molecular complexity index is 3970. The molecule has 0 saturated heterocycles. The Balaban J connectivity index is 1.17. The molecular formula is C64H42N2. The van der Waals surface area contributed by atoms with Crippen LogP contribution in [0.3, 0.4) is 0 Å². The minimum Gasteiger partial charge on any atom is -0.309 e. The molecule has 2 heteroatoms. The maximum atomic E-state index is 2.51. The van der Waals surface area contributed by atoms with Gasteiger partial charge in [-0.25, -0.2) is 0 Å². The standard InChI is InChI=1S/C64H42N2/c1-4-20-45(21-5-1)63-56-37-34-47(54-32-17-23-44-19-11-13-29-52(44)54)41-60(56)64(57-38-35-46(40-59(57)63)53-31-16-22-43-18-10-12-28-51(43)53)65(48-24-6-2-7-25-48)50-36-39-62-58(42-50)55-30-14-15-33-61(55)66(62)49-26-8-3-9-27-49/h1-42H. The minimum atomic E-state index is 1.09. The summed E-state index contributed by atoms with van der Waals surface area (Å²) < 4.78 is 2.39. The summed E-state index contributed by atoms with van der Waals surface area (Å²) in [5.74, 6) is 0. The van der Waals surface area contributed by atoms with E-state index in [1.54, 1.807) is 0 Å². The van der Waals surface area contributed by atoms with E-state index in [1.807, 2.05) is 0 Å². The second-order valence-corrected chi connectivity index (χ2v) is 17.2. The predicted octanol–water partition coefficient (Wildman–Crippen LogP) is 17.9. The molecule has 13 rings (SSSR count). The van der Waals surface area contributed by atoms with Crippen molar-refractivity contribution in [2.45, 2.75) is 0 Å². The summed E-state index contributed by atoms with van der Waals surface area (Å²) in [6, 6.07) is 93.6. The third-order valence-electron chi connectivity index (χ3n) is 13.5. The Labute approximate surface area is 383 Å². The molecule has 0 unspecified atom stereocenters. The van der Waals surface area contributed by atoms with E-state index in [0.29, 0.717) is 0 Å². The second kappa shape index (κ2) is 15.5. The zero-order chi connectivity index (χ0) is 43.6. The molecule has 0 atom stereocenters. The number of hydrogen-bond acceptors (Lipinski definition) is 1. The number of anilines is 3. The van der Waals surface area contributed by atoms with Gasteiger partial charge < -0.3 is 9.47 Å². The molecule has 0 radical (unpaired) electrons. The predicted molar refractivity (Wildman–Crippen MR) is 282 cm³/mol. The van der Waals surface area contributed by atoms with Gasteiger partial charge in [-0.1, -0.05) is 194 Å². The fourth-order valence-corrected chi connectivity index (χ4v) is 10.6. The van der Waals surface area contributed by atoms with Crippen molar-refractivity contribution in [3.05, 3.63) is 255 Å². The summed E-state index contributed by atoms with van der Waals surface area (Å²) in [5.41, 5.74) is 14.1. The lowest BCUT2D eigenvalue weighted by molar-refractivity contribution is 1.18. The van der Waals surface area contributed by atoms with Gasteiger partial charge in [0.25, 0.3) is 0 Å². The van der Waals surface area contributed by atoms with E-state index in [0.717, 1.165) is 22.7 Å². The fourth-order valence-electron chi connectivity index (χ4n) is 10.6. The van der Waals surface area contributed by atoms with Gasteiger partial charge in [-0.05, 0) is 126 Å². The molecule has 0 fully saturated rings. The smallest absolute Gasteiger partial charge is 0.0619 e. The Morgan fingerprint density at radius 2 is 0.803 bits per heavy atom. The Morgan fingerprint density at radius 1 is 0.273 bits per heavy atom.